The van der Waals surface area contributed by atoms with E-state index in [0.29, 0.717) is 76.8 Å². The summed E-state index contributed by atoms with van der Waals surface area (Å²) in [7, 11) is -2.29. The van der Waals surface area contributed by atoms with Gasteiger partial charge in [-0.3, -0.25) is 9.80 Å². The van der Waals surface area contributed by atoms with Gasteiger partial charge in [0.15, 0.2) is 5.82 Å². The van der Waals surface area contributed by atoms with Gasteiger partial charge in [-0.15, -0.1) is 5.54 Å². The van der Waals surface area contributed by atoms with Crippen LogP contribution in [0, 0.1) is 23.1 Å². The van der Waals surface area contributed by atoms with E-state index in [1.54, 1.807) is 6.07 Å². The quantitative estimate of drug-likeness (QED) is 0.128. The maximum atomic E-state index is 18.1. The van der Waals surface area contributed by atoms with E-state index in [0.717, 1.165) is 37.6 Å². The number of ether oxygens (including phenoxy) is 2. The Bertz CT molecular complexity index is 2530. The van der Waals surface area contributed by atoms with Gasteiger partial charge < -0.3 is 14.4 Å². The largest absolute Gasteiger partial charge is 0.461 e. The fourth-order valence-corrected chi connectivity index (χ4v) is 18.0. The Morgan fingerprint density at radius 2 is 1.72 bits per heavy atom. The van der Waals surface area contributed by atoms with Crippen molar-refractivity contribution in [1.82, 2.24) is 24.8 Å². The molecule has 5 aliphatic rings. The summed E-state index contributed by atoms with van der Waals surface area (Å²) < 4.78 is 62.0. The van der Waals surface area contributed by atoms with Crippen molar-refractivity contribution >= 4 is 41.7 Å². The van der Waals surface area contributed by atoms with Crippen LogP contribution in [0.15, 0.2) is 30.3 Å². The van der Waals surface area contributed by atoms with Gasteiger partial charge in [-0.25, -0.2) is 22.9 Å². The molecule has 4 aromatic rings. The summed E-state index contributed by atoms with van der Waals surface area (Å²) in [5, 5.41) is 1.79. The van der Waals surface area contributed by atoms with E-state index in [1.165, 1.54) is 6.07 Å². The van der Waals surface area contributed by atoms with E-state index in [9.17, 15) is 9.18 Å². The molecule has 342 valence electrons. The third-order valence-corrected chi connectivity index (χ3v) is 21.9. The van der Waals surface area contributed by atoms with Crippen molar-refractivity contribution in [3.8, 4) is 28.7 Å². The lowest BCUT2D eigenvalue weighted by atomic mass is 9.88. The molecule has 64 heavy (non-hydrogen) atoms. The minimum absolute atomic E-state index is 0.0246. The maximum absolute atomic E-state index is 18.1. The fraction of sp³-hybridized carbons (Fsp3) is 0.608. The molecular weight excluding hydrogens is 830 g/mol. The number of alkyl halides is 1. The molecule has 9 rings (SSSR count). The third kappa shape index (κ3) is 7.33. The number of hydrogen-bond donors (Lipinski definition) is 0. The van der Waals surface area contributed by atoms with Gasteiger partial charge in [-0.2, -0.15) is 9.97 Å². The average molecular weight is 895 g/mol. The van der Waals surface area contributed by atoms with Gasteiger partial charge in [-0.1, -0.05) is 78.7 Å². The first-order chi connectivity index (χ1) is 30.4. The van der Waals surface area contributed by atoms with Crippen LogP contribution in [0.1, 0.15) is 131 Å². The van der Waals surface area contributed by atoms with Crippen molar-refractivity contribution < 1.29 is 27.4 Å². The molecule has 4 saturated heterocycles. The second-order valence-electron chi connectivity index (χ2n) is 21.3. The Morgan fingerprint density at radius 3 is 2.42 bits per heavy atom. The van der Waals surface area contributed by atoms with Gasteiger partial charge in [0, 0.05) is 36.4 Å². The number of aromatic nitrogens is 3. The summed E-state index contributed by atoms with van der Waals surface area (Å²) in [6, 6.07) is 8.32. The normalized spacial score (nSPS) is 25.6. The molecule has 0 saturated carbocycles. The predicted octanol–water partition coefficient (Wildman–Crippen LogP) is 11.5. The van der Waals surface area contributed by atoms with Gasteiger partial charge >= 0.3 is 12.1 Å². The number of fused-ring (bicyclic) bond motifs is 7. The first-order valence-electron chi connectivity index (χ1n) is 23.8. The number of hydrogen-bond acceptors (Lipinski definition) is 8. The SMILES string of the molecule is CC[C@H]1C[C@@H]2[C@@H]3CC[C@H](CN2c2nc(OC[C@@]45CCCN4C[C@H](F)C5)nc4c(F)c(-c5cccc6ccc(F)c(C#C[Si](C(C)C)(C(C)C)C(C)C)c56)nc1c24)N3C(=O)OC(C)(C)C. The lowest BCUT2D eigenvalue weighted by Crippen LogP contribution is -2.62. The van der Waals surface area contributed by atoms with Crippen LogP contribution in [0.3, 0.4) is 0 Å². The van der Waals surface area contributed by atoms with E-state index >= 15 is 8.78 Å². The lowest BCUT2D eigenvalue weighted by Gasteiger charge is -2.47. The van der Waals surface area contributed by atoms with Gasteiger partial charge in [0.05, 0.1) is 40.3 Å². The third-order valence-electron chi connectivity index (χ3n) is 15.6. The minimum atomic E-state index is -2.29. The van der Waals surface area contributed by atoms with E-state index < -0.39 is 37.0 Å². The van der Waals surface area contributed by atoms with Gasteiger partial charge in [0.2, 0.25) is 0 Å². The topological polar surface area (TPSA) is 83.9 Å². The van der Waals surface area contributed by atoms with Crippen molar-refractivity contribution in [2.24, 2.45) is 0 Å². The van der Waals surface area contributed by atoms with E-state index in [-0.39, 0.29) is 59.5 Å². The molecule has 0 unspecified atom stereocenters. The lowest BCUT2D eigenvalue weighted by molar-refractivity contribution is 0.00684. The number of rotatable bonds is 8. The van der Waals surface area contributed by atoms with Crippen molar-refractivity contribution in [3.05, 3.63) is 53.2 Å². The van der Waals surface area contributed by atoms with Crippen LogP contribution >= 0.6 is 0 Å². The Hall–Kier alpha value is -4.41. The molecule has 4 fully saturated rings. The monoisotopic (exact) mass is 894 g/mol. The smallest absolute Gasteiger partial charge is 0.410 e. The summed E-state index contributed by atoms with van der Waals surface area (Å²) in [4.78, 5) is 35.6. The highest BCUT2D eigenvalue weighted by Crippen LogP contribution is 2.50. The van der Waals surface area contributed by atoms with Crippen molar-refractivity contribution in [1.29, 1.82) is 0 Å². The summed E-state index contributed by atoms with van der Waals surface area (Å²) in [6.45, 7) is 23.0. The highest BCUT2D eigenvalue weighted by Gasteiger charge is 2.53. The number of nitrogens with zero attached hydrogens (tertiary/aromatic N) is 6. The van der Waals surface area contributed by atoms with Crippen LogP contribution in [-0.4, -0.2) is 101 Å². The summed E-state index contributed by atoms with van der Waals surface area (Å²) in [6.07, 6.45) is 3.79. The van der Waals surface area contributed by atoms with Crippen molar-refractivity contribution in [3.63, 3.8) is 0 Å². The molecule has 13 heteroatoms. The number of anilines is 1. The number of carbonyl (C=O) groups is 1. The Kier molecular flexibility index (Phi) is 11.5. The van der Waals surface area contributed by atoms with Crippen molar-refractivity contribution in [2.45, 2.75) is 172 Å². The van der Waals surface area contributed by atoms with Crippen LogP contribution in [0.5, 0.6) is 6.01 Å². The van der Waals surface area contributed by atoms with Gasteiger partial charge in [0.1, 0.15) is 49.3 Å². The zero-order valence-corrected chi connectivity index (χ0v) is 40.3. The molecule has 0 N–H and O–H groups in total. The standard InChI is InChI=1S/C51H65F3N6O3Si/c1-11-32-24-40-39-19-17-35(60(39)49(61)63-50(8,9)10)27-59(40)47-42-44(32)55-45(43(54)46(42)56-48(57-47)62-28-51-21-13-22-58(51)26-34(52)25-51)37-15-12-14-33-16-18-38(53)36(41(33)37)20-23-64(29(2)3,30(4)5)31(6)7/h12,14-16,18,29-32,34-35,39-40H,11,13,17,19,21-22,24-28H2,1-10H3/t32-,34+,35+,39-,40+,51-/m0/s1. The second kappa shape index (κ2) is 16.5. The van der Waals surface area contributed by atoms with E-state index in [1.807, 2.05) is 43.9 Å². The molecule has 0 aliphatic carbocycles. The summed E-state index contributed by atoms with van der Waals surface area (Å²) in [5.41, 5.74) is 5.12. The Balaban J connectivity index is 1.25. The van der Waals surface area contributed by atoms with Crippen LogP contribution in [-0.2, 0) is 4.74 Å². The number of halogens is 3. The zero-order valence-electron chi connectivity index (χ0n) is 39.3. The molecule has 5 aliphatic heterocycles. The summed E-state index contributed by atoms with van der Waals surface area (Å²) >= 11 is 0. The molecule has 2 bridgehead atoms. The maximum Gasteiger partial charge on any atom is 0.410 e. The summed E-state index contributed by atoms with van der Waals surface area (Å²) in [5.74, 6) is 2.68. The molecule has 7 heterocycles. The van der Waals surface area contributed by atoms with Crippen LogP contribution in [0.25, 0.3) is 32.9 Å². The highest BCUT2D eigenvalue weighted by molar-refractivity contribution is 6.90. The molecule has 6 atom stereocenters. The molecular formula is C51H65F3N6O3Si. The molecule has 0 radical (unpaired) electrons. The van der Waals surface area contributed by atoms with Gasteiger partial charge in [0.25, 0.3) is 0 Å². The first-order valence-corrected chi connectivity index (χ1v) is 26.1. The second-order valence-corrected chi connectivity index (χ2v) is 26.9. The Labute approximate surface area is 377 Å². The van der Waals surface area contributed by atoms with E-state index in [4.69, 9.17) is 24.4 Å². The Morgan fingerprint density at radius 1 is 0.969 bits per heavy atom. The minimum Gasteiger partial charge on any atom is -0.461 e. The number of amides is 1. The molecule has 2 aromatic carbocycles. The number of carbonyl (C=O) groups excluding carboxylic acids is 1. The van der Waals surface area contributed by atoms with Crippen molar-refractivity contribution in [2.75, 3.05) is 31.1 Å². The number of piperazine rings is 1. The highest BCUT2D eigenvalue weighted by atomic mass is 28.3. The predicted molar refractivity (Wildman–Crippen MR) is 250 cm³/mol. The van der Waals surface area contributed by atoms with Gasteiger partial charge in [-0.05, 0) is 93.9 Å². The molecule has 1 amide bonds. The zero-order chi connectivity index (χ0) is 45.6. The molecule has 9 nitrogen and oxygen atoms in total. The molecule has 0 spiro atoms. The first kappa shape index (κ1) is 44.8. The number of pyridine rings is 1. The number of benzene rings is 2. The van der Waals surface area contributed by atoms with Crippen LogP contribution in [0.2, 0.25) is 16.6 Å². The van der Waals surface area contributed by atoms with Crippen LogP contribution in [0.4, 0.5) is 23.8 Å². The van der Waals surface area contributed by atoms with E-state index in [2.05, 4.69) is 69.7 Å². The van der Waals surface area contributed by atoms with Crippen LogP contribution < -0.4 is 9.64 Å². The average Bonchev–Trinajstić information content (AvgIpc) is 3.85. The molecule has 2 aromatic heterocycles. The fourth-order valence-electron chi connectivity index (χ4n) is 12.8.